The summed E-state index contributed by atoms with van der Waals surface area (Å²) in [6, 6.07) is 8.99. The fourth-order valence-corrected chi connectivity index (χ4v) is 4.25. The molecule has 0 radical (unpaired) electrons. The van der Waals surface area contributed by atoms with Crippen molar-refractivity contribution in [2.24, 2.45) is 0 Å². The first kappa shape index (κ1) is 14.2. The second kappa shape index (κ2) is 5.45. The molecule has 0 aliphatic heterocycles. The Bertz CT molecular complexity index is 661. The molecule has 1 atom stereocenters. The first-order valence-corrected chi connectivity index (χ1v) is 8.39. The number of hydrogen-bond acceptors (Lipinski definition) is 3. The molecule has 0 aliphatic rings. The van der Waals surface area contributed by atoms with Crippen molar-refractivity contribution in [2.45, 2.75) is 31.7 Å². The summed E-state index contributed by atoms with van der Waals surface area (Å²) in [5.41, 5.74) is 1.83. The summed E-state index contributed by atoms with van der Waals surface area (Å²) in [5, 5.41) is 1.94. The molecule has 3 nitrogen and oxygen atoms in total. The molecule has 0 aliphatic carbocycles. The quantitative estimate of drug-likeness (QED) is 0.939. The standard InChI is InChI=1S/C14H17NO2S2/c1-10-6-7-14(11(2)9-10)19(16,17)15-12(3)13-5-4-8-18-13/h4-9,12,15H,1-3H3/t12-/m0/s1. The number of rotatable bonds is 4. The summed E-state index contributed by atoms with van der Waals surface area (Å²) >= 11 is 1.55. The third-order valence-electron chi connectivity index (χ3n) is 2.92. The highest BCUT2D eigenvalue weighted by molar-refractivity contribution is 7.89. The van der Waals surface area contributed by atoms with Crippen molar-refractivity contribution in [3.63, 3.8) is 0 Å². The number of benzene rings is 1. The van der Waals surface area contributed by atoms with E-state index in [9.17, 15) is 8.42 Å². The van der Waals surface area contributed by atoms with Crippen molar-refractivity contribution >= 4 is 21.4 Å². The van der Waals surface area contributed by atoms with Crippen LogP contribution in [0, 0.1) is 13.8 Å². The second-order valence-corrected chi connectivity index (χ2v) is 7.29. The molecule has 2 rings (SSSR count). The van der Waals surface area contributed by atoms with Crippen LogP contribution in [-0.4, -0.2) is 8.42 Å². The van der Waals surface area contributed by atoms with E-state index in [1.807, 2.05) is 50.4 Å². The van der Waals surface area contributed by atoms with Crippen molar-refractivity contribution < 1.29 is 8.42 Å². The van der Waals surface area contributed by atoms with Crippen molar-refractivity contribution in [1.29, 1.82) is 0 Å². The largest absolute Gasteiger partial charge is 0.241 e. The van der Waals surface area contributed by atoms with E-state index in [0.717, 1.165) is 16.0 Å². The Balaban J connectivity index is 2.28. The van der Waals surface area contributed by atoms with Crippen LogP contribution in [0.15, 0.2) is 40.6 Å². The lowest BCUT2D eigenvalue weighted by Gasteiger charge is -2.14. The Hall–Kier alpha value is -1.17. The zero-order chi connectivity index (χ0) is 14.0. The van der Waals surface area contributed by atoms with Crippen LogP contribution >= 0.6 is 11.3 Å². The fraction of sp³-hybridized carbons (Fsp3) is 0.286. The van der Waals surface area contributed by atoms with Gasteiger partial charge in [-0.25, -0.2) is 13.1 Å². The first-order chi connectivity index (χ1) is 8.90. The molecule has 1 heterocycles. The molecule has 1 aromatic carbocycles. The first-order valence-electron chi connectivity index (χ1n) is 6.03. The lowest BCUT2D eigenvalue weighted by Crippen LogP contribution is -2.27. The number of hydrogen-bond donors (Lipinski definition) is 1. The molecule has 2 aromatic rings. The van der Waals surface area contributed by atoms with Crippen molar-refractivity contribution in [1.82, 2.24) is 4.72 Å². The number of thiophene rings is 1. The van der Waals surface area contributed by atoms with Crippen LogP contribution in [0.3, 0.4) is 0 Å². The van der Waals surface area contributed by atoms with Crippen LogP contribution in [-0.2, 0) is 10.0 Å². The zero-order valence-corrected chi connectivity index (χ0v) is 12.8. The van der Waals surface area contributed by atoms with Crippen LogP contribution in [0.4, 0.5) is 0 Å². The van der Waals surface area contributed by atoms with Gasteiger partial charge in [-0.1, -0.05) is 23.8 Å². The Morgan fingerprint density at radius 2 is 1.95 bits per heavy atom. The van der Waals surface area contributed by atoms with Crippen molar-refractivity contribution in [3.8, 4) is 0 Å². The Kier molecular flexibility index (Phi) is 4.08. The van der Waals surface area contributed by atoms with Gasteiger partial charge in [0.2, 0.25) is 10.0 Å². The van der Waals surface area contributed by atoms with Gasteiger partial charge in [0, 0.05) is 4.88 Å². The normalized spacial score (nSPS) is 13.4. The van der Waals surface area contributed by atoms with Crippen molar-refractivity contribution in [2.75, 3.05) is 0 Å². The summed E-state index contributed by atoms with van der Waals surface area (Å²) in [7, 11) is -3.48. The van der Waals surface area contributed by atoms with Gasteiger partial charge in [-0.05, 0) is 43.8 Å². The predicted molar refractivity (Wildman–Crippen MR) is 79.0 cm³/mol. The summed E-state index contributed by atoms with van der Waals surface area (Å²) in [6.45, 7) is 5.62. The van der Waals surface area contributed by atoms with Crippen LogP contribution in [0.1, 0.15) is 29.0 Å². The SMILES string of the molecule is Cc1ccc(S(=O)(=O)N[C@@H](C)c2cccs2)c(C)c1. The van der Waals surface area contributed by atoms with Crippen molar-refractivity contribution in [3.05, 3.63) is 51.7 Å². The summed E-state index contributed by atoms with van der Waals surface area (Å²) in [6.07, 6.45) is 0. The smallest absolute Gasteiger partial charge is 0.207 e. The van der Waals surface area contributed by atoms with Gasteiger partial charge in [0.1, 0.15) is 0 Å². The highest BCUT2D eigenvalue weighted by atomic mass is 32.2. The minimum absolute atomic E-state index is 0.217. The maximum absolute atomic E-state index is 12.4. The van der Waals surface area contributed by atoms with E-state index in [4.69, 9.17) is 0 Å². The highest BCUT2D eigenvalue weighted by Gasteiger charge is 2.20. The van der Waals surface area contributed by atoms with E-state index in [2.05, 4.69) is 4.72 Å². The lowest BCUT2D eigenvalue weighted by molar-refractivity contribution is 0.568. The molecule has 19 heavy (non-hydrogen) atoms. The van der Waals surface area contributed by atoms with Gasteiger partial charge >= 0.3 is 0 Å². The van der Waals surface area contributed by atoms with E-state index in [-0.39, 0.29) is 6.04 Å². The minimum atomic E-state index is -3.48. The number of aryl methyl sites for hydroxylation is 2. The summed E-state index contributed by atoms with van der Waals surface area (Å²) in [5.74, 6) is 0. The van der Waals surface area contributed by atoms with Gasteiger partial charge in [-0.15, -0.1) is 11.3 Å². The van der Waals surface area contributed by atoms with Crippen LogP contribution in [0.5, 0.6) is 0 Å². The van der Waals surface area contributed by atoms with E-state index in [1.165, 1.54) is 0 Å². The average molecular weight is 295 g/mol. The molecule has 1 aromatic heterocycles. The van der Waals surface area contributed by atoms with Gasteiger partial charge in [0.05, 0.1) is 10.9 Å². The molecule has 1 N–H and O–H groups in total. The highest BCUT2D eigenvalue weighted by Crippen LogP contribution is 2.22. The molecule has 0 amide bonds. The molecule has 0 bridgehead atoms. The monoisotopic (exact) mass is 295 g/mol. The van der Waals surface area contributed by atoms with Gasteiger partial charge in [0.25, 0.3) is 0 Å². The second-order valence-electron chi connectivity index (χ2n) is 4.63. The third kappa shape index (κ3) is 3.23. The molecule has 0 unspecified atom stereocenters. The fourth-order valence-electron chi connectivity index (χ4n) is 1.99. The lowest BCUT2D eigenvalue weighted by atomic mass is 10.2. The van der Waals surface area contributed by atoms with E-state index < -0.39 is 10.0 Å². The van der Waals surface area contributed by atoms with E-state index in [0.29, 0.717) is 4.90 Å². The van der Waals surface area contributed by atoms with E-state index >= 15 is 0 Å². The molecule has 0 fully saturated rings. The van der Waals surface area contributed by atoms with E-state index in [1.54, 1.807) is 17.4 Å². The third-order valence-corrected chi connectivity index (χ3v) is 5.68. The van der Waals surface area contributed by atoms with Gasteiger partial charge < -0.3 is 0 Å². The Labute approximate surface area is 118 Å². The maximum Gasteiger partial charge on any atom is 0.241 e. The zero-order valence-electron chi connectivity index (χ0n) is 11.2. The van der Waals surface area contributed by atoms with Crippen LogP contribution in [0.25, 0.3) is 0 Å². The van der Waals surface area contributed by atoms with Gasteiger partial charge in [-0.2, -0.15) is 0 Å². The number of sulfonamides is 1. The maximum atomic E-state index is 12.4. The van der Waals surface area contributed by atoms with Gasteiger partial charge in [0.15, 0.2) is 0 Å². The van der Waals surface area contributed by atoms with Crippen LogP contribution < -0.4 is 4.72 Å². The summed E-state index contributed by atoms with van der Waals surface area (Å²) in [4.78, 5) is 1.36. The Morgan fingerprint density at radius 3 is 2.53 bits per heavy atom. The summed E-state index contributed by atoms with van der Waals surface area (Å²) < 4.78 is 27.4. The molecular weight excluding hydrogens is 278 g/mol. The molecule has 0 spiro atoms. The predicted octanol–water partition coefficient (Wildman–Crippen LogP) is 3.40. The number of nitrogens with one attached hydrogen (secondary N) is 1. The molecule has 102 valence electrons. The average Bonchev–Trinajstić information content (AvgIpc) is 2.80. The Morgan fingerprint density at radius 1 is 1.21 bits per heavy atom. The minimum Gasteiger partial charge on any atom is -0.207 e. The van der Waals surface area contributed by atoms with Gasteiger partial charge in [-0.3, -0.25) is 0 Å². The van der Waals surface area contributed by atoms with Crippen LogP contribution in [0.2, 0.25) is 0 Å². The molecular formula is C14H17NO2S2. The molecule has 0 saturated heterocycles. The topological polar surface area (TPSA) is 46.2 Å². The molecule has 0 saturated carbocycles. The molecule has 5 heteroatoms.